The van der Waals surface area contributed by atoms with E-state index in [2.05, 4.69) is 5.10 Å². The normalized spacial score (nSPS) is 10.6. The highest BCUT2D eigenvalue weighted by Gasteiger charge is 2.13. The zero-order valence-corrected chi connectivity index (χ0v) is 10.3. The first-order valence-electron chi connectivity index (χ1n) is 5.18. The first-order valence-corrected chi connectivity index (χ1v) is 5.56. The van der Waals surface area contributed by atoms with Gasteiger partial charge in [0.15, 0.2) is 5.69 Å². The minimum absolute atomic E-state index is 0.0237. The number of carboxylic acid groups (broad SMARTS) is 1. The summed E-state index contributed by atoms with van der Waals surface area (Å²) >= 11 is 5.65. The lowest BCUT2D eigenvalue weighted by molar-refractivity contribution is 0.0688. The number of rotatable bonds is 3. The van der Waals surface area contributed by atoms with E-state index in [1.165, 1.54) is 10.7 Å². The molecule has 94 valence electrons. The van der Waals surface area contributed by atoms with Gasteiger partial charge in [-0.25, -0.2) is 9.18 Å². The number of halogens is 2. The fourth-order valence-electron chi connectivity index (χ4n) is 1.64. The van der Waals surface area contributed by atoms with Gasteiger partial charge >= 0.3 is 5.97 Å². The largest absolute Gasteiger partial charge is 0.476 e. The highest BCUT2D eigenvalue weighted by Crippen LogP contribution is 2.16. The zero-order chi connectivity index (χ0) is 13.3. The summed E-state index contributed by atoms with van der Waals surface area (Å²) in [6.45, 7) is 1.81. The van der Waals surface area contributed by atoms with Gasteiger partial charge in [0.2, 0.25) is 0 Å². The highest BCUT2D eigenvalue weighted by molar-refractivity contribution is 6.30. The number of carboxylic acids is 1. The van der Waals surface area contributed by atoms with E-state index >= 15 is 0 Å². The summed E-state index contributed by atoms with van der Waals surface area (Å²) in [4.78, 5) is 10.8. The van der Waals surface area contributed by atoms with Gasteiger partial charge in [0.05, 0.1) is 6.54 Å². The van der Waals surface area contributed by atoms with Gasteiger partial charge in [-0.1, -0.05) is 17.7 Å². The van der Waals surface area contributed by atoms with Crippen LogP contribution in [-0.2, 0) is 6.54 Å². The summed E-state index contributed by atoms with van der Waals surface area (Å²) in [6, 6.07) is 4.34. The second-order valence-electron chi connectivity index (χ2n) is 3.90. The summed E-state index contributed by atoms with van der Waals surface area (Å²) in [5.74, 6) is -1.53. The number of aromatic carboxylic acids is 1. The lowest BCUT2D eigenvalue weighted by atomic mass is 10.2. The quantitative estimate of drug-likeness (QED) is 0.931. The molecule has 6 heteroatoms. The van der Waals surface area contributed by atoms with Crippen molar-refractivity contribution >= 4 is 17.6 Å². The van der Waals surface area contributed by atoms with Crippen molar-refractivity contribution in [1.29, 1.82) is 0 Å². The van der Waals surface area contributed by atoms with Crippen molar-refractivity contribution in [1.82, 2.24) is 9.78 Å². The maximum absolute atomic E-state index is 13.6. The van der Waals surface area contributed by atoms with Crippen molar-refractivity contribution in [3.63, 3.8) is 0 Å². The van der Waals surface area contributed by atoms with E-state index in [0.717, 1.165) is 0 Å². The lowest BCUT2D eigenvalue weighted by Gasteiger charge is -2.03. The van der Waals surface area contributed by atoms with Gasteiger partial charge in [0, 0.05) is 22.3 Å². The molecule has 1 N–H and O–H groups in total. The molecule has 0 amide bonds. The summed E-state index contributed by atoms with van der Waals surface area (Å²) in [6.07, 6.45) is 1.57. The van der Waals surface area contributed by atoms with Crippen LogP contribution in [0.25, 0.3) is 0 Å². The Morgan fingerprint density at radius 3 is 2.83 bits per heavy atom. The molecule has 0 unspecified atom stereocenters. The SMILES string of the molecule is Cc1cn(Cc2ccc(Cl)cc2F)nc1C(=O)O. The van der Waals surface area contributed by atoms with Crippen molar-refractivity contribution < 1.29 is 14.3 Å². The maximum atomic E-state index is 13.6. The fourth-order valence-corrected chi connectivity index (χ4v) is 1.80. The summed E-state index contributed by atoms with van der Waals surface area (Å²) < 4.78 is 15.0. The second-order valence-corrected chi connectivity index (χ2v) is 4.34. The van der Waals surface area contributed by atoms with Gasteiger partial charge in [-0.05, 0) is 19.1 Å². The molecule has 0 spiro atoms. The average molecular weight is 269 g/mol. The van der Waals surface area contributed by atoms with Crippen LogP contribution in [0.3, 0.4) is 0 Å². The molecule has 0 aliphatic heterocycles. The molecule has 1 heterocycles. The van der Waals surface area contributed by atoms with Crippen molar-refractivity contribution in [3.8, 4) is 0 Å². The van der Waals surface area contributed by atoms with Crippen molar-refractivity contribution in [2.24, 2.45) is 0 Å². The first-order chi connectivity index (χ1) is 8.47. The molecule has 0 radical (unpaired) electrons. The van der Waals surface area contributed by atoms with Crippen LogP contribution in [0, 0.1) is 12.7 Å². The van der Waals surface area contributed by atoms with E-state index in [1.54, 1.807) is 25.3 Å². The molecule has 0 atom stereocenters. The molecular weight excluding hydrogens is 259 g/mol. The Bertz CT molecular complexity index is 610. The Morgan fingerprint density at radius 2 is 2.28 bits per heavy atom. The monoisotopic (exact) mass is 268 g/mol. The van der Waals surface area contributed by atoms with Gasteiger partial charge in [-0.3, -0.25) is 4.68 Å². The molecule has 0 aliphatic carbocycles. The summed E-state index contributed by atoms with van der Waals surface area (Å²) in [5, 5.41) is 13.1. The van der Waals surface area contributed by atoms with Crippen LogP contribution in [-0.4, -0.2) is 20.9 Å². The molecule has 0 bridgehead atoms. The van der Waals surface area contributed by atoms with Crippen LogP contribution in [0.1, 0.15) is 21.6 Å². The van der Waals surface area contributed by atoms with Gasteiger partial charge in [0.25, 0.3) is 0 Å². The topological polar surface area (TPSA) is 55.1 Å². The van der Waals surface area contributed by atoms with Crippen LogP contribution in [0.4, 0.5) is 4.39 Å². The molecule has 0 saturated carbocycles. The van der Waals surface area contributed by atoms with Crippen molar-refractivity contribution in [2.45, 2.75) is 13.5 Å². The number of hydrogen-bond donors (Lipinski definition) is 1. The minimum atomic E-state index is -1.09. The molecule has 2 aromatic rings. The molecule has 18 heavy (non-hydrogen) atoms. The number of aryl methyl sites for hydroxylation is 1. The molecule has 1 aromatic carbocycles. The third kappa shape index (κ3) is 2.51. The predicted octanol–water partition coefficient (Wildman–Crippen LogP) is 2.73. The highest BCUT2D eigenvalue weighted by atomic mass is 35.5. The minimum Gasteiger partial charge on any atom is -0.476 e. The predicted molar refractivity (Wildman–Crippen MR) is 64.4 cm³/mol. The van der Waals surface area contributed by atoms with Crippen LogP contribution in [0.2, 0.25) is 5.02 Å². The van der Waals surface area contributed by atoms with E-state index in [9.17, 15) is 9.18 Å². The Kier molecular flexibility index (Phi) is 3.34. The molecule has 4 nitrogen and oxygen atoms in total. The van der Waals surface area contributed by atoms with Crippen LogP contribution in [0.15, 0.2) is 24.4 Å². The number of aromatic nitrogens is 2. The first kappa shape index (κ1) is 12.6. The second kappa shape index (κ2) is 4.78. The molecule has 0 aliphatic rings. The van der Waals surface area contributed by atoms with Crippen molar-refractivity contribution in [2.75, 3.05) is 0 Å². The van der Waals surface area contributed by atoms with Gasteiger partial charge in [0.1, 0.15) is 5.82 Å². The molecule has 2 rings (SSSR count). The Morgan fingerprint density at radius 1 is 1.56 bits per heavy atom. The van der Waals surface area contributed by atoms with Crippen LogP contribution in [0.5, 0.6) is 0 Å². The average Bonchev–Trinajstić information content (AvgIpc) is 2.64. The third-order valence-corrected chi connectivity index (χ3v) is 2.73. The van der Waals surface area contributed by atoms with Crippen LogP contribution < -0.4 is 0 Å². The zero-order valence-electron chi connectivity index (χ0n) is 9.52. The van der Waals surface area contributed by atoms with Crippen LogP contribution >= 0.6 is 11.6 Å². The fraction of sp³-hybridized carbons (Fsp3) is 0.167. The lowest BCUT2D eigenvalue weighted by Crippen LogP contribution is -2.05. The number of carbonyl (C=O) groups is 1. The summed E-state index contributed by atoms with van der Waals surface area (Å²) in [7, 11) is 0. The smallest absolute Gasteiger partial charge is 0.356 e. The van der Waals surface area contributed by atoms with Crippen molar-refractivity contribution in [3.05, 3.63) is 52.1 Å². The van der Waals surface area contributed by atoms with Gasteiger partial charge in [-0.2, -0.15) is 5.10 Å². The Hall–Kier alpha value is -1.88. The number of nitrogens with zero attached hydrogens (tertiary/aromatic N) is 2. The number of benzene rings is 1. The van der Waals surface area contributed by atoms with Gasteiger partial charge in [-0.15, -0.1) is 0 Å². The van der Waals surface area contributed by atoms with E-state index in [-0.39, 0.29) is 12.2 Å². The maximum Gasteiger partial charge on any atom is 0.356 e. The molecule has 0 saturated heterocycles. The number of hydrogen-bond acceptors (Lipinski definition) is 2. The third-order valence-electron chi connectivity index (χ3n) is 2.49. The van der Waals surface area contributed by atoms with E-state index in [1.807, 2.05) is 0 Å². The summed E-state index contributed by atoms with van der Waals surface area (Å²) in [5.41, 5.74) is 0.917. The standard InChI is InChI=1S/C12H10ClFN2O2/c1-7-5-16(15-11(7)12(17)18)6-8-2-3-9(13)4-10(8)14/h2-5H,6H2,1H3,(H,17,18). The Balaban J connectivity index is 2.29. The van der Waals surface area contributed by atoms with Gasteiger partial charge < -0.3 is 5.11 Å². The van der Waals surface area contributed by atoms with E-state index in [0.29, 0.717) is 16.1 Å². The Labute approximate surface area is 108 Å². The van der Waals surface area contributed by atoms with E-state index < -0.39 is 11.8 Å². The molecule has 0 fully saturated rings. The van der Waals surface area contributed by atoms with E-state index in [4.69, 9.17) is 16.7 Å². The molecular formula is C12H10ClFN2O2. The molecule has 1 aromatic heterocycles.